The lowest BCUT2D eigenvalue weighted by molar-refractivity contribution is 0.103. The molecule has 0 saturated heterocycles. The van der Waals surface area contributed by atoms with Crippen LogP contribution in [-0.4, -0.2) is 34.7 Å². The maximum absolute atomic E-state index is 13.4. The van der Waals surface area contributed by atoms with Crippen molar-refractivity contribution in [3.8, 4) is 0 Å². The number of carbonyl (C=O) groups is 1. The van der Waals surface area contributed by atoms with Gasteiger partial charge in [-0.25, -0.2) is 0 Å². The van der Waals surface area contributed by atoms with E-state index in [9.17, 15) is 4.79 Å². The molecule has 160 valence electrons. The molecule has 2 aromatic heterocycles. The van der Waals surface area contributed by atoms with Gasteiger partial charge in [-0.05, 0) is 80.6 Å². The summed E-state index contributed by atoms with van der Waals surface area (Å²) in [5.74, 6) is 0.410. The molecule has 2 heterocycles. The van der Waals surface area contributed by atoms with Gasteiger partial charge in [0.2, 0.25) is 5.78 Å². The molecule has 3 nitrogen and oxygen atoms in total. The lowest BCUT2D eigenvalue weighted by atomic mass is 9.97. The summed E-state index contributed by atoms with van der Waals surface area (Å²) >= 11 is 0. The minimum absolute atomic E-state index is 0.106. The molecule has 0 aliphatic carbocycles. The van der Waals surface area contributed by atoms with Gasteiger partial charge in [0.15, 0.2) is 0 Å². The van der Waals surface area contributed by atoms with Gasteiger partial charge in [0.05, 0.1) is 5.69 Å². The summed E-state index contributed by atoms with van der Waals surface area (Å²) in [5, 5.41) is 0. The van der Waals surface area contributed by atoms with Crippen LogP contribution in [0.2, 0.25) is 0 Å². The number of benzene rings is 1. The van der Waals surface area contributed by atoms with Crippen LogP contribution in [0.25, 0.3) is 5.52 Å². The summed E-state index contributed by atoms with van der Waals surface area (Å²) in [5.41, 5.74) is 5.07. The molecular weight excluding hydrogens is 368 g/mol. The Morgan fingerprint density at radius 1 is 1.00 bits per heavy atom. The van der Waals surface area contributed by atoms with Gasteiger partial charge in [0.25, 0.3) is 0 Å². The van der Waals surface area contributed by atoms with Gasteiger partial charge in [0, 0.05) is 17.3 Å². The van der Waals surface area contributed by atoms with E-state index >= 15 is 0 Å². The molecule has 0 spiro atoms. The Morgan fingerprint density at radius 2 is 1.77 bits per heavy atom. The predicted octanol–water partition coefficient (Wildman–Crippen LogP) is 6.35. The molecule has 0 saturated carbocycles. The van der Waals surface area contributed by atoms with Crippen molar-refractivity contribution in [2.24, 2.45) is 0 Å². The van der Waals surface area contributed by atoms with Crippen LogP contribution in [0.3, 0.4) is 0 Å². The van der Waals surface area contributed by atoms with E-state index in [2.05, 4.69) is 56.9 Å². The lowest BCUT2D eigenvalue weighted by Crippen LogP contribution is -2.25. The predicted molar refractivity (Wildman–Crippen MR) is 127 cm³/mol. The number of carbonyl (C=O) groups excluding carboxylic acids is 1. The number of unbranched alkanes of at least 4 members (excludes halogenated alkanes) is 1. The fourth-order valence-corrected chi connectivity index (χ4v) is 4.19. The average molecular weight is 405 g/mol. The molecule has 0 aliphatic rings. The Hall–Kier alpha value is -2.39. The normalized spacial score (nSPS) is 11.7. The van der Waals surface area contributed by atoms with E-state index in [0.717, 1.165) is 35.3 Å². The Labute approximate surface area is 181 Å². The highest BCUT2D eigenvalue weighted by molar-refractivity contribution is 6.09. The van der Waals surface area contributed by atoms with Gasteiger partial charge >= 0.3 is 0 Å². The summed E-state index contributed by atoms with van der Waals surface area (Å²) in [6.07, 6.45) is 6.69. The van der Waals surface area contributed by atoms with Crippen molar-refractivity contribution in [1.82, 2.24) is 9.30 Å². The van der Waals surface area contributed by atoms with Crippen molar-refractivity contribution in [3.05, 3.63) is 77.1 Å². The molecule has 0 bridgehead atoms. The zero-order chi connectivity index (χ0) is 21.5. The van der Waals surface area contributed by atoms with E-state index in [1.54, 1.807) is 0 Å². The zero-order valence-electron chi connectivity index (χ0n) is 19.0. The summed E-state index contributed by atoms with van der Waals surface area (Å²) < 4.78 is 2.03. The number of aryl methyl sites for hydroxylation is 1. The summed E-state index contributed by atoms with van der Waals surface area (Å²) in [4.78, 5) is 15.9. The second-order valence-corrected chi connectivity index (χ2v) is 8.52. The van der Waals surface area contributed by atoms with Crippen LogP contribution < -0.4 is 0 Å². The highest BCUT2D eigenvalue weighted by Gasteiger charge is 2.20. The minimum atomic E-state index is 0.106. The molecule has 0 N–H and O–H groups in total. The summed E-state index contributed by atoms with van der Waals surface area (Å²) in [7, 11) is 0. The molecule has 0 atom stereocenters. The van der Waals surface area contributed by atoms with Crippen molar-refractivity contribution < 1.29 is 4.79 Å². The number of hydrogen-bond donors (Lipinski definition) is 0. The van der Waals surface area contributed by atoms with Crippen molar-refractivity contribution in [2.75, 3.05) is 19.6 Å². The third-order valence-electron chi connectivity index (χ3n) is 5.94. The third-order valence-corrected chi connectivity index (χ3v) is 5.94. The average Bonchev–Trinajstić information content (AvgIpc) is 3.16. The number of aromatic nitrogens is 1. The van der Waals surface area contributed by atoms with Gasteiger partial charge in [-0.1, -0.05) is 58.0 Å². The van der Waals surface area contributed by atoms with E-state index in [4.69, 9.17) is 0 Å². The van der Waals surface area contributed by atoms with Crippen LogP contribution >= 0.6 is 0 Å². The molecule has 1 aromatic carbocycles. The van der Waals surface area contributed by atoms with Crippen LogP contribution in [0.5, 0.6) is 0 Å². The Morgan fingerprint density at radius 3 is 2.43 bits per heavy atom. The molecule has 0 aliphatic heterocycles. The molecule has 3 aromatic rings. The number of ketones is 1. The van der Waals surface area contributed by atoms with Gasteiger partial charge < -0.3 is 9.30 Å². The molecule has 0 unspecified atom stereocenters. The van der Waals surface area contributed by atoms with Crippen molar-refractivity contribution in [1.29, 1.82) is 0 Å². The number of rotatable bonds is 11. The van der Waals surface area contributed by atoms with E-state index in [-0.39, 0.29) is 5.78 Å². The third kappa shape index (κ3) is 5.20. The SMILES string of the molecule is CCCN(CC)CCCCc1ccc(C(=O)c2c(C(C)C)cc3ccccn23)cc1. The van der Waals surface area contributed by atoms with E-state index < -0.39 is 0 Å². The fourth-order valence-electron chi connectivity index (χ4n) is 4.19. The van der Waals surface area contributed by atoms with Gasteiger partial charge in [-0.2, -0.15) is 0 Å². The van der Waals surface area contributed by atoms with E-state index in [1.807, 2.05) is 34.9 Å². The monoisotopic (exact) mass is 404 g/mol. The first kappa shape index (κ1) is 22.3. The smallest absolute Gasteiger partial charge is 0.210 e. The Bertz CT molecular complexity index is 953. The number of hydrogen-bond acceptors (Lipinski definition) is 2. The molecule has 30 heavy (non-hydrogen) atoms. The van der Waals surface area contributed by atoms with Crippen LogP contribution in [0.4, 0.5) is 0 Å². The van der Waals surface area contributed by atoms with Crippen molar-refractivity contribution >= 4 is 11.3 Å². The van der Waals surface area contributed by atoms with E-state index in [1.165, 1.54) is 37.9 Å². The quantitative estimate of drug-likeness (QED) is 0.275. The molecule has 3 rings (SSSR count). The first-order valence-electron chi connectivity index (χ1n) is 11.5. The number of pyridine rings is 1. The first-order valence-corrected chi connectivity index (χ1v) is 11.5. The maximum atomic E-state index is 13.4. The second kappa shape index (κ2) is 10.6. The second-order valence-electron chi connectivity index (χ2n) is 8.52. The van der Waals surface area contributed by atoms with Crippen LogP contribution in [0.1, 0.15) is 80.1 Å². The Kier molecular flexibility index (Phi) is 7.87. The van der Waals surface area contributed by atoms with Crippen LogP contribution in [0.15, 0.2) is 54.7 Å². The first-order chi connectivity index (χ1) is 14.5. The summed E-state index contributed by atoms with van der Waals surface area (Å²) in [6, 6.07) is 16.5. The number of nitrogens with zero attached hydrogens (tertiary/aromatic N) is 2. The molecule has 0 fully saturated rings. The van der Waals surface area contributed by atoms with Crippen LogP contribution in [-0.2, 0) is 6.42 Å². The van der Waals surface area contributed by atoms with Crippen molar-refractivity contribution in [3.63, 3.8) is 0 Å². The molecule has 3 heteroatoms. The molecule has 0 radical (unpaired) electrons. The standard InChI is InChI=1S/C27H36N2O/c1-5-17-28(6-2)18-9-7-11-22-13-15-23(16-14-22)27(30)26-25(21(3)4)20-24-12-8-10-19-29(24)26/h8,10,12-16,19-21H,5-7,9,11,17-18H2,1-4H3. The minimum Gasteiger partial charge on any atom is -0.313 e. The largest absolute Gasteiger partial charge is 0.313 e. The number of fused-ring (bicyclic) bond motifs is 1. The molecule has 0 amide bonds. The maximum Gasteiger partial charge on any atom is 0.210 e. The lowest BCUT2D eigenvalue weighted by Gasteiger charge is -2.19. The zero-order valence-corrected chi connectivity index (χ0v) is 19.0. The fraction of sp³-hybridized carbons (Fsp3) is 0.444. The van der Waals surface area contributed by atoms with Gasteiger partial charge in [0.1, 0.15) is 0 Å². The van der Waals surface area contributed by atoms with E-state index in [0.29, 0.717) is 5.92 Å². The van der Waals surface area contributed by atoms with Gasteiger partial charge in [-0.15, -0.1) is 0 Å². The highest BCUT2D eigenvalue weighted by atomic mass is 16.1. The van der Waals surface area contributed by atoms with Crippen LogP contribution in [0, 0.1) is 0 Å². The topological polar surface area (TPSA) is 24.7 Å². The van der Waals surface area contributed by atoms with Crippen molar-refractivity contribution in [2.45, 2.75) is 59.3 Å². The highest BCUT2D eigenvalue weighted by Crippen LogP contribution is 2.26. The Balaban J connectivity index is 1.67. The van der Waals surface area contributed by atoms with Gasteiger partial charge in [-0.3, -0.25) is 4.79 Å². The summed E-state index contributed by atoms with van der Waals surface area (Å²) in [6.45, 7) is 12.3. The molecular formula is C27H36N2O.